The lowest BCUT2D eigenvalue weighted by Gasteiger charge is -2.31. The molecule has 0 radical (unpaired) electrons. The molecular formula is C21H25N5O3. The van der Waals surface area contributed by atoms with Gasteiger partial charge < -0.3 is 14.4 Å². The van der Waals surface area contributed by atoms with Crippen LogP contribution in [0.3, 0.4) is 0 Å². The van der Waals surface area contributed by atoms with Gasteiger partial charge in [0.15, 0.2) is 17.6 Å². The predicted octanol–water partition coefficient (Wildman–Crippen LogP) is 2.36. The molecule has 2 aromatic heterocycles. The molecule has 152 valence electrons. The number of carbonyl (C=O) groups is 1. The fraction of sp³-hybridized carbons (Fsp3) is 0.429. The molecule has 1 aliphatic heterocycles. The second kappa shape index (κ2) is 8.06. The van der Waals surface area contributed by atoms with Crippen LogP contribution in [-0.2, 0) is 11.2 Å². The van der Waals surface area contributed by atoms with Crippen molar-refractivity contribution in [2.24, 2.45) is 0 Å². The van der Waals surface area contributed by atoms with Crippen LogP contribution >= 0.6 is 0 Å². The SMILES string of the molecule is CCN(CC1COc2ccccc2O1)C(=O)CCc1c(C)nc2ncnn2c1C. The summed E-state index contributed by atoms with van der Waals surface area (Å²) in [5, 5.41) is 4.21. The number of fused-ring (bicyclic) bond motifs is 2. The minimum absolute atomic E-state index is 0.0902. The number of aromatic nitrogens is 4. The van der Waals surface area contributed by atoms with E-state index in [1.807, 2.05) is 49.9 Å². The number of rotatable bonds is 6. The number of likely N-dealkylation sites (N-methyl/N-ethyl adjacent to an activating group) is 1. The van der Waals surface area contributed by atoms with Crippen LogP contribution in [0.25, 0.3) is 5.78 Å². The molecule has 3 heterocycles. The summed E-state index contributed by atoms with van der Waals surface area (Å²) in [7, 11) is 0. The van der Waals surface area contributed by atoms with Crippen molar-refractivity contribution in [3.05, 3.63) is 47.5 Å². The zero-order chi connectivity index (χ0) is 20.4. The summed E-state index contributed by atoms with van der Waals surface area (Å²) in [5.74, 6) is 2.15. The van der Waals surface area contributed by atoms with E-state index in [1.165, 1.54) is 6.33 Å². The first-order chi connectivity index (χ1) is 14.1. The van der Waals surface area contributed by atoms with Crippen LogP contribution < -0.4 is 9.47 Å². The maximum atomic E-state index is 12.9. The number of benzene rings is 1. The predicted molar refractivity (Wildman–Crippen MR) is 107 cm³/mol. The van der Waals surface area contributed by atoms with E-state index in [9.17, 15) is 4.79 Å². The molecule has 29 heavy (non-hydrogen) atoms. The summed E-state index contributed by atoms with van der Waals surface area (Å²) in [5.41, 5.74) is 2.90. The lowest BCUT2D eigenvalue weighted by molar-refractivity contribution is -0.132. The van der Waals surface area contributed by atoms with Gasteiger partial charge >= 0.3 is 0 Å². The molecule has 1 aliphatic rings. The summed E-state index contributed by atoms with van der Waals surface area (Å²) in [6, 6.07) is 7.61. The van der Waals surface area contributed by atoms with Crippen LogP contribution in [0.4, 0.5) is 0 Å². The maximum Gasteiger partial charge on any atom is 0.252 e. The highest BCUT2D eigenvalue weighted by Crippen LogP contribution is 2.31. The van der Waals surface area contributed by atoms with Gasteiger partial charge in [-0.3, -0.25) is 4.79 Å². The molecule has 4 rings (SSSR count). The number of aryl methyl sites for hydroxylation is 2. The van der Waals surface area contributed by atoms with E-state index in [-0.39, 0.29) is 12.0 Å². The highest BCUT2D eigenvalue weighted by Gasteiger charge is 2.25. The van der Waals surface area contributed by atoms with Crippen LogP contribution in [0.5, 0.6) is 11.5 Å². The fourth-order valence-corrected chi connectivity index (χ4v) is 3.71. The van der Waals surface area contributed by atoms with Gasteiger partial charge in [0.1, 0.15) is 12.9 Å². The molecule has 3 aromatic rings. The van der Waals surface area contributed by atoms with Gasteiger partial charge in [0.2, 0.25) is 5.91 Å². The van der Waals surface area contributed by atoms with Crippen molar-refractivity contribution in [3.63, 3.8) is 0 Å². The van der Waals surface area contributed by atoms with Gasteiger partial charge in [-0.05, 0) is 44.9 Å². The number of amides is 1. The fourth-order valence-electron chi connectivity index (χ4n) is 3.71. The molecular weight excluding hydrogens is 370 g/mol. The van der Waals surface area contributed by atoms with E-state index in [4.69, 9.17) is 9.47 Å². The first-order valence-electron chi connectivity index (χ1n) is 9.89. The largest absolute Gasteiger partial charge is 0.486 e. The zero-order valence-electron chi connectivity index (χ0n) is 17.0. The van der Waals surface area contributed by atoms with Crippen LogP contribution in [0.1, 0.15) is 30.3 Å². The average Bonchev–Trinajstić information content (AvgIpc) is 3.20. The molecule has 1 amide bonds. The Morgan fingerprint density at radius 1 is 1.28 bits per heavy atom. The Morgan fingerprint density at radius 2 is 2.07 bits per heavy atom. The number of nitrogens with zero attached hydrogens (tertiary/aromatic N) is 5. The lowest BCUT2D eigenvalue weighted by atomic mass is 10.1. The average molecular weight is 395 g/mol. The van der Waals surface area contributed by atoms with E-state index >= 15 is 0 Å². The maximum absolute atomic E-state index is 12.9. The Balaban J connectivity index is 1.40. The van der Waals surface area contributed by atoms with Crippen molar-refractivity contribution in [1.29, 1.82) is 0 Å². The van der Waals surface area contributed by atoms with Gasteiger partial charge in [-0.15, -0.1) is 0 Å². The third kappa shape index (κ3) is 3.87. The number of hydrogen-bond acceptors (Lipinski definition) is 6. The third-order valence-electron chi connectivity index (χ3n) is 5.30. The summed E-state index contributed by atoms with van der Waals surface area (Å²) in [6.45, 7) is 7.48. The Labute approximate surface area is 169 Å². The van der Waals surface area contributed by atoms with E-state index < -0.39 is 0 Å². The van der Waals surface area contributed by atoms with Crippen molar-refractivity contribution in [3.8, 4) is 11.5 Å². The highest BCUT2D eigenvalue weighted by atomic mass is 16.6. The molecule has 0 spiro atoms. The third-order valence-corrected chi connectivity index (χ3v) is 5.30. The second-order valence-electron chi connectivity index (χ2n) is 7.16. The van der Waals surface area contributed by atoms with Gasteiger partial charge in [0, 0.05) is 24.4 Å². The standard InChI is InChI=1S/C21H25N5O3/c1-4-25(11-16-12-28-18-7-5-6-8-19(18)29-16)20(27)10-9-17-14(2)24-21-22-13-23-26(21)15(17)3/h5-8,13,16H,4,9-12H2,1-3H3. The van der Waals surface area contributed by atoms with Crippen molar-refractivity contribution >= 4 is 11.7 Å². The number of para-hydroxylation sites is 2. The molecule has 8 nitrogen and oxygen atoms in total. The summed E-state index contributed by atoms with van der Waals surface area (Å²) in [6.07, 6.45) is 2.33. The molecule has 0 saturated carbocycles. The quantitative estimate of drug-likeness (QED) is 0.637. The monoisotopic (exact) mass is 395 g/mol. The first kappa shape index (κ1) is 19.2. The summed E-state index contributed by atoms with van der Waals surface area (Å²) < 4.78 is 13.5. The van der Waals surface area contributed by atoms with Crippen molar-refractivity contribution in [2.75, 3.05) is 19.7 Å². The molecule has 8 heteroatoms. The Kier molecular flexibility index (Phi) is 5.33. The lowest BCUT2D eigenvalue weighted by Crippen LogP contribution is -2.43. The number of carbonyl (C=O) groups excluding carboxylic acids is 1. The number of ether oxygens (including phenoxy) is 2. The second-order valence-corrected chi connectivity index (χ2v) is 7.16. The summed E-state index contributed by atoms with van der Waals surface area (Å²) >= 11 is 0. The van der Waals surface area contributed by atoms with Crippen LogP contribution in [-0.4, -0.2) is 56.2 Å². The molecule has 0 fully saturated rings. The summed E-state index contributed by atoms with van der Waals surface area (Å²) in [4.78, 5) is 23.3. The highest BCUT2D eigenvalue weighted by molar-refractivity contribution is 5.76. The first-order valence-corrected chi connectivity index (χ1v) is 9.89. The minimum atomic E-state index is -0.176. The van der Waals surface area contributed by atoms with Crippen LogP contribution in [0, 0.1) is 13.8 Å². The molecule has 0 saturated heterocycles. The topological polar surface area (TPSA) is 81.9 Å². The van der Waals surface area contributed by atoms with Crippen LogP contribution in [0.2, 0.25) is 0 Å². The Bertz CT molecular complexity index is 1030. The molecule has 0 N–H and O–H groups in total. The van der Waals surface area contributed by atoms with Crippen molar-refractivity contribution in [2.45, 2.75) is 39.7 Å². The van der Waals surface area contributed by atoms with Gasteiger partial charge in [-0.2, -0.15) is 10.1 Å². The van der Waals surface area contributed by atoms with E-state index in [0.29, 0.717) is 38.3 Å². The smallest absolute Gasteiger partial charge is 0.252 e. The van der Waals surface area contributed by atoms with E-state index in [1.54, 1.807) is 4.52 Å². The molecule has 0 bridgehead atoms. The van der Waals surface area contributed by atoms with Gasteiger partial charge in [-0.1, -0.05) is 12.1 Å². The van der Waals surface area contributed by atoms with E-state index in [2.05, 4.69) is 15.1 Å². The van der Waals surface area contributed by atoms with E-state index in [0.717, 1.165) is 28.5 Å². The number of hydrogen-bond donors (Lipinski definition) is 0. The zero-order valence-corrected chi connectivity index (χ0v) is 17.0. The molecule has 1 atom stereocenters. The molecule has 1 unspecified atom stereocenters. The van der Waals surface area contributed by atoms with Crippen molar-refractivity contribution < 1.29 is 14.3 Å². The molecule has 0 aliphatic carbocycles. The van der Waals surface area contributed by atoms with Crippen LogP contribution in [0.15, 0.2) is 30.6 Å². The van der Waals surface area contributed by atoms with Crippen molar-refractivity contribution in [1.82, 2.24) is 24.5 Å². The van der Waals surface area contributed by atoms with Gasteiger partial charge in [0.25, 0.3) is 5.78 Å². The van der Waals surface area contributed by atoms with Gasteiger partial charge in [-0.25, -0.2) is 9.50 Å². The minimum Gasteiger partial charge on any atom is -0.486 e. The molecule has 1 aromatic carbocycles. The normalized spacial score (nSPS) is 15.5. The Morgan fingerprint density at radius 3 is 2.86 bits per heavy atom. The Hall–Kier alpha value is -3.16. The van der Waals surface area contributed by atoms with Gasteiger partial charge in [0.05, 0.1) is 6.54 Å².